The molecule has 0 aliphatic carbocycles. The van der Waals surface area contributed by atoms with Crippen molar-refractivity contribution >= 4 is 23.6 Å². The van der Waals surface area contributed by atoms with Gasteiger partial charge in [-0.2, -0.15) is 0 Å². The predicted molar refractivity (Wildman–Crippen MR) is 75.9 cm³/mol. The van der Waals surface area contributed by atoms with E-state index in [0.29, 0.717) is 30.2 Å². The molecule has 1 atom stereocenters. The van der Waals surface area contributed by atoms with Gasteiger partial charge in [0.2, 0.25) is 11.8 Å². The van der Waals surface area contributed by atoms with Crippen LogP contribution < -0.4 is 5.32 Å². The molecule has 0 radical (unpaired) electrons. The minimum atomic E-state index is -0.422. The Bertz CT molecular complexity index is 510. The van der Waals surface area contributed by atoms with Gasteiger partial charge in [-0.05, 0) is 19.1 Å². The van der Waals surface area contributed by atoms with Crippen molar-refractivity contribution in [1.29, 1.82) is 0 Å². The lowest BCUT2D eigenvalue weighted by molar-refractivity contribution is -0.142. The number of carbonyl (C=O) groups excluding carboxylic acids is 2. The highest BCUT2D eigenvalue weighted by Gasteiger charge is 2.28. The molecule has 1 aliphatic rings. The van der Waals surface area contributed by atoms with E-state index in [1.54, 1.807) is 30.0 Å². The molecule has 4 nitrogen and oxygen atoms in total. The fourth-order valence-electron chi connectivity index (χ4n) is 2.08. The highest BCUT2D eigenvalue weighted by atomic mass is 32.2. The number of nitrogens with one attached hydrogen (secondary N) is 1. The number of halogens is 1. The first-order valence-electron chi connectivity index (χ1n) is 6.54. The lowest BCUT2D eigenvalue weighted by Gasteiger charge is -2.32. The number of hydrogen-bond acceptors (Lipinski definition) is 3. The Balaban J connectivity index is 1.83. The second-order valence-corrected chi connectivity index (χ2v) is 5.72. The van der Waals surface area contributed by atoms with Crippen molar-refractivity contribution in [2.75, 3.05) is 18.8 Å². The van der Waals surface area contributed by atoms with Crippen molar-refractivity contribution in [2.24, 2.45) is 0 Å². The van der Waals surface area contributed by atoms with Gasteiger partial charge in [0, 0.05) is 30.2 Å². The zero-order chi connectivity index (χ0) is 14.5. The molecule has 1 aliphatic heterocycles. The van der Waals surface area contributed by atoms with Crippen molar-refractivity contribution in [1.82, 2.24) is 10.2 Å². The molecule has 1 unspecified atom stereocenters. The maximum atomic E-state index is 13.4. The molecule has 108 valence electrons. The molecule has 1 fully saturated rings. The fraction of sp³-hybridized carbons (Fsp3) is 0.429. The quantitative estimate of drug-likeness (QED) is 0.860. The topological polar surface area (TPSA) is 49.4 Å². The van der Waals surface area contributed by atoms with Crippen LogP contribution in [0.5, 0.6) is 0 Å². The molecule has 1 aromatic rings. The van der Waals surface area contributed by atoms with Crippen LogP contribution in [0.1, 0.15) is 13.3 Å². The SMILES string of the molecule is CC1C(=O)NCCN1C(=O)CCSc1ccccc1F. The summed E-state index contributed by atoms with van der Waals surface area (Å²) in [5.41, 5.74) is 0. The Morgan fingerprint density at radius 1 is 1.50 bits per heavy atom. The Morgan fingerprint density at radius 2 is 2.25 bits per heavy atom. The second kappa shape index (κ2) is 6.74. The Labute approximate surface area is 121 Å². The van der Waals surface area contributed by atoms with Crippen molar-refractivity contribution in [3.63, 3.8) is 0 Å². The Morgan fingerprint density at radius 3 is 3.00 bits per heavy atom. The van der Waals surface area contributed by atoms with Crippen LogP contribution in [0.15, 0.2) is 29.2 Å². The van der Waals surface area contributed by atoms with E-state index in [1.165, 1.54) is 17.8 Å². The summed E-state index contributed by atoms with van der Waals surface area (Å²) in [5, 5.41) is 2.72. The number of benzene rings is 1. The van der Waals surface area contributed by atoms with Gasteiger partial charge in [0.05, 0.1) is 0 Å². The van der Waals surface area contributed by atoms with Crippen LogP contribution in [0, 0.1) is 5.82 Å². The van der Waals surface area contributed by atoms with Crippen LogP contribution in [0.2, 0.25) is 0 Å². The van der Waals surface area contributed by atoms with Gasteiger partial charge in [0.1, 0.15) is 11.9 Å². The maximum absolute atomic E-state index is 13.4. The van der Waals surface area contributed by atoms with Gasteiger partial charge < -0.3 is 10.2 Å². The smallest absolute Gasteiger partial charge is 0.242 e. The van der Waals surface area contributed by atoms with E-state index in [-0.39, 0.29) is 17.6 Å². The van der Waals surface area contributed by atoms with Crippen LogP contribution >= 0.6 is 11.8 Å². The molecule has 0 aromatic heterocycles. The lowest BCUT2D eigenvalue weighted by Crippen LogP contribution is -2.55. The van der Waals surface area contributed by atoms with Crippen molar-refractivity contribution in [3.8, 4) is 0 Å². The molecule has 0 bridgehead atoms. The predicted octanol–water partition coefficient (Wildman–Crippen LogP) is 1.65. The van der Waals surface area contributed by atoms with E-state index in [4.69, 9.17) is 0 Å². The first-order chi connectivity index (χ1) is 9.59. The minimum absolute atomic E-state index is 0.0591. The molecule has 2 amide bonds. The summed E-state index contributed by atoms with van der Waals surface area (Å²) in [7, 11) is 0. The molecule has 20 heavy (non-hydrogen) atoms. The first kappa shape index (κ1) is 14.8. The average molecular weight is 296 g/mol. The summed E-state index contributed by atoms with van der Waals surface area (Å²) in [6.07, 6.45) is 0.302. The van der Waals surface area contributed by atoms with Gasteiger partial charge in [-0.1, -0.05) is 12.1 Å². The van der Waals surface area contributed by atoms with Crippen LogP contribution in [-0.4, -0.2) is 41.6 Å². The number of amides is 2. The largest absolute Gasteiger partial charge is 0.353 e. The molecule has 1 N–H and O–H groups in total. The number of piperazine rings is 1. The lowest BCUT2D eigenvalue weighted by atomic mass is 10.2. The molecule has 2 rings (SSSR count). The third-order valence-corrected chi connectivity index (χ3v) is 4.28. The number of carbonyl (C=O) groups is 2. The van der Waals surface area contributed by atoms with E-state index in [9.17, 15) is 14.0 Å². The normalized spacial score (nSPS) is 18.8. The third kappa shape index (κ3) is 3.50. The maximum Gasteiger partial charge on any atom is 0.242 e. The molecular formula is C14H17FN2O2S. The van der Waals surface area contributed by atoms with Crippen molar-refractivity contribution in [2.45, 2.75) is 24.3 Å². The molecule has 0 saturated carbocycles. The van der Waals surface area contributed by atoms with E-state index in [2.05, 4.69) is 5.32 Å². The van der Waals surface area contributed by atoms with Gasteiger partial charge >= 0.3 is 0 Å². The molecule has 0 spiro atoms. The minimum Gasteiger partial charge on any atom is -0.353 e. The summed E-state index contributed by atoms with van der Waals surface area (Å²) in [4.78, 5) is 25.7. The Hall–Kier alpha value is -1.56. The zero-order valence-electron chi connectivity index (χ0n) is 11.3. The summed E-state index contributed by atoms with van der Waals surface area (Å²) in [6, 6.07) is 6.08. The van der Waals surface area contributed by atoms with E-state index < -0.39 is 6.04 Å². The highest BCUT2D eigenvalue weighted by Crippen LogP contribution is 2.22. The van der Waals surface area contributed by atoms with Gasteiger partial charge in [0.15, 0.2) is 0 Å². The molecule has 1 saturated heterocycles. The summed E-state index contributed by atoms with van der Waals surface area (Å²) in [6.45, 7) is 2.75. The zero-order valence-corrected chi connectivity index (χ0v) is 12.1. The van der Waals surface area contributed by atoms with Gasteiger partial charge in [-0.15, -0.1) is 11.8 Å². The molecule has 1 heterocycles. The summed E-state index contributed by atoms with van der Waals surface area (Å²) in [5.74, 6) is 0.0585. The van der Waals surface area contributed by atoms with E-state index >= 15 is 0 Å². The Kier molecular flexibility index (Phi) is 5.00. The van der Waals surface area contributed by atoms with E-state index in [1.807, 2.05) is 0 Å². The number of hydrogen-bond donors (Lipinski definition) is 1. The third-order valence-electron chi connectivity index (χ3n) is 3.23. The number of nitrogens with zero attached hydrogens (tertiary/aromatic N) is 1. The van der Waals surface area contributed by atoms with E-state index in [0.717, 1.165) is 0 Å². The van der Waals surface area contributed by atoms with Crippen molar-refractivity contribution < 1.29 is 14.0 Å². The van der Waals surface area contributed by atoms with Crippen LogP contribution in [-0.2, 0) is 9.59 Å². The number of thioether (sulfide) groups is 1. The average Bonchev–Trinajstić information content (AvgIpc) is 2.44. The van der Waals surface area contributed by atoms with Gasteiger partial charge in [-0.3, -0.25) is 9.59 Å². The summed E-state index contributed by atoms with van der Waals surface area (Å²) < 4.78 is 13.4. The number of rotatable bonds is 4. The van der Waals surface area contributed by atoms with Crippen LogP contribution in [0.25, 0.3) is 0 Å². The van der Waals surface area contributed by atoms with Gasteiger partial charge in [-0.25, -0.2) is 4.39 Å². The monoisotopic (exact) mass is 296 g/mol. The standard InChI is InChI=1S/C14H17FN2O2S/c1-10-14(19)16-7-8-17(10)13(18)6-9-20-12-5-3-2-4-11(12)15/h2-5,10H,6-9H2,1H3,(H,16,19). The molecule has 1 aromatic carbocycles. The molecule has 6 heteroatoms. The summed E-state index contributed by atoms with van der Waals surface area (Å²) >= 11 is 1.32. The molecular weight excluding hydrogens is 279 g/mol. The second-order valence-electron chi connectivity index (χ2n) is 4.58. The van der Waals surface area contributed by atoms with Crippen molar-refractivity contribution in [3.05, 3.63) is 30.1 Å². The first-order valence-corrected chi connectivity index (χ1v) is 7.52. The van der Waals surface area contributed by atoms with Gasteiger partial charge in [0.25, 0.3) is 0 Å². The van der Waals surface area contributed by atoms with Crippen LogP contribution in [0.4, 0.5) is 4.39 Å². The fourth-order valence-corrected chi connectivity index (χ4v) is 2.95. The highest BCUT2D eigenvalue weighted by molar-refractivity contribution is 7.99. The van der Waals surface area contributed by atoms with Crippen LogP contribution in [0.3, 0.4) is 0 Å².